The summed E-state index contributed by atoms with van der Waals surface area (Å²) in [5.74, 6) is 0.145. The number of ether oxygens (including phenoxy) is 2. The van der Waals surface area contributed by atoms with Gasteiger partial charge in [-0.3, -0.25) is 9.11 Å². The maximum atomic E-state index is 12.2. The summed E-state index contributed by atoms with van der Waals surface area (Å²) in [5.41, 5.74) is 0. The lowest BCUT2D eigenvalue weighted by molar-refractivity contribution is -0.432. The van der Waals surface area contributed by atoms with E-state index in [-0.39, 0.29) is 38.8 Å². The van der Waals surface area contributed by atoms with Crippen LogP contribution in [0.1, 0.15) is 6.42 Å². The van der Waals surface area contributed by atoms with Gasteiger partial charge in [0.1, 0.15) is 15.5 Å². The van der Waals surface area contributed by atoms with Crippen molar-refractivity contribution in [3.8, 4) is 5.75 Å². The number of rotatable bonds is 10. The Morgan fingerprint density at radius 2 is 1.38 bits per heavy atom. The molecule has 0 atom stereocenters. The smallest absolute Gasteiger partial charge is 0.295 e. The molecule has 14 heteroatoms. The summed E-state index contributed by atoms with van der Waals surface area (Å²) in [5, 5.41) is 13.8. The second kappa shape index (κ2) is 9.41. The third-order valence-electron chi connectivity index (χ3n) is 5.21. The Morgan fingerprint density at radius 1 is 0.824 bits per heavy atom. The topological polar surface area (TPSA) is 166 Å². The van der Waals surface area contributed by atoms with E-state index >= 15 is 0 Å². The molecule has 0 amide bonds. The van der Waals surface area contributed by atoms with Crippen LogP contribution in [0.4, 0.5) is 0 Å². The van der Waals surface area contributed by atoms with Crippen LogP contribution in [0.5, 0.6) is 5.75 Å². The minimum Gasteiger partial charge on any atom is -0.493 e. The molecule has 0 saturated carbocycles. The molecule has 11 nitrogen and oxygen atoms in total. The highest BCUT2D eigenvalue weighted by atomic mass is 32.2. The van der Waals surface area contributed by atoms with E-state index in [0.29, 0.717) is 35.8 Å². The average molecular weight is 531 g/mol. The zero-order valence-corrected chi connectivity index (χ0v) is 19.9. The maximum Gasteiger partial charge on any atom is 0.295 e. The van der Waals surface area contributed by atoms with Crippen LogP contribution in [0, 0.1) is 0 Å². The van der Waals surface area contributed by atoms with Gasteiger partial charge in [-0.2, -0.15) is 16.8 Å². The molecule has 4 aromatic rings. The van der Waals surface area contributed by atoms with E-state index in [9.17, 15) is 25.9 Å². The summed E-state index contributed by atoms with van der Waals surface area (Å²) < 4.78 is 83.7. The van der Waals surface area contributed by atoms with Crippen molar-refractivity contribution >= 4 is 64.6 Å². The van der Waals surface area contributed by atoms with E-state index in [1.54, 1.807) is 12.1 Å². The summed E-state index contributed by atoms with van der Waals surface area (Å²) in [6.07, 6.45) is 0.506. The highest BCUT2D eigenvalue weighted by Gasteiger charge is 2.26. The molecule has 0 aliphatic carbocycles. The normalized spacial score (nSPS) is 12.8. The molecule has 0 bridgehead atoms. The van der Waals surface area contributed by atoms with Gasteiger partial charge in [0, 0.05) is 58.0 Å². The second-order valence-corrected chi connectivity index (χ2v) is 10.7. The molecule has 0 aliphatic heterocycles. The Morgan fingerprint density at radius 3 is 1.97 bits per heavy atom. The predicted octanol–water partition coefficient (Wildman–Crippen LogP) is 3.92. The summed E-state index contributed by atoms with van der Waals surface area (Å²) in [6, 6.07) is 8.27. The van der Waals surface area contributed by atoms with Gasteiger partial charge in [-0.25, -0.2) is 5.26 Å². The minimum atomic E-state index is -4.73. The molecular formula is C20H18O11S3. The van der Waals surface area contributed by atoms with Crippen molar-refractivity contribution in [1.29, 1.82) is 0 Å². The van der Waals surface area contributed by atoms with Crippen LogP contribution in [0.25, 0.3) is 32.3 Å². The molecule has 3 N–H and O–H groups in total. The van der Waals surface area contributed by atoms with Crippen molar-refractivity contribution in [2.75, 3.05) is 20.3 Å². The number of hydrogen-bond donors (Lipinski definition) is 3. The fourth-order valence-corrected chi connectivity index (χ4v) is 5.94. The van der Waals surface area contributed by atoms with Crippen LogP contribution in [0.3, 0.4) is 0 Å². The second-order valence-electron chi connectivity index (χ2n) is 7.19. The van der Waals surface area contributed by atoms with Crippen LogP contribution >= 0.6 is 12.0 Å². The van der Waals surface area contributed by atoms with Crippen LogP contribution in [-0.4, -0.2) is 51.5 Å². The molecular weight excluding hydrogens is 512 g/mol. The Hall–Kier alpha value is -2.27. The molecule has 0 aromatic heterocycles. The van der Waals surface area contributed by atoms with Crippen molar-refractivity contribution < 1.29 is 50.0 Å². The lowest BCUT2D eigenvalue weighted by atomic mass is 9.93. The van der Waals surface area contributed by atoms with Crippen molar-refractivity contribution in [2.24, 2.45) is 0 Å². The van der Waals surface area contributed by atoms with E-state index in [0.717, 1.165) is 6.07 Å². The van der Waals surface area contributed by atoms with E-state index < -0.39 is 30.0 Å². The van der Waals surface area contributed by atoms with Crippen LogP contribution < -0.4 is 4.74 Å². The summed E-state index contributed by atoms with van der Waals surface area (Å²) in [6.45, 7) is 0.587. The maximum absolute atomic E-state index is 12.2. The molecule has 4 aromatic carbocycles. The first kappa shape index (κ1) is 24.8. The van der Waals surface area contributed by atoms with Gasteiger partial charge < -0.3 is 9.47 Å². The van der Waals surface area contributed by atoms with Gasteiger partial charge in [0.15, 0.2) is 0 Å². The van der Waals surface area contributed by atoms with Crippen molar-refractivity contribution in [3.63, 3.8) is 0 Å². The van der Waals surface area contributed by atoms with E-state index in [1.807, 2.05) is 0 Å². The molecule has 34 heavy (non-hydrogen) atoms. The third kappa shape index (κ3) is 4.51. The van der Waals surface area contributed by atoms with Gasteiger partial charge in [0.2, 0.25) is 0 Å². The zero-order chi connectivity index (χ0) is 24.7. The summed E-state index contributed by atoms with van der Waals surface area (Å²) in [7, 11) is -7.90. The molecule has 4 rings (SSSR count). The molecule has 0 unspecified atom stereocenters. The highest BCUT2D eigenvalue weighted by molar-refractivity contribution is 7.94. The molecule has 0 saturated heterocycles. The summed E-state index contributed by atoms with van der Waals surface area (Å²) >= 11 is 0.476. The van der Waals surface area contributed by atoms with Gasteiger partial charge in [0.25, 0.3) is 20.2 Å². The molecule has 0 fully saturated rings. The minimum absolute atomic E-state index is 0.0997. The highest BCUT2D eigenvalue weighted by Crippen LogP contribution is 2.46. The van der Waals surface area contributed by atoms with Crippen LogP contribution in [0.15, 0.2) is 51.1 Å². The van der Waals surface area contributed by atoms with Gasteiger partial charge in [0.05, 0.1) is 18.6 Å². The zero-order valence-electron chi connectivity index (χ0n) is 17.4. The quantitative estimate of drug-likeness (QED) is 0.0676. The van der Waals surface area contributed by atoms with Crippen LogP contribution in [-0.2, 0) is 34.3 Å². The van der Waals surface area contributed by atoms with Crippen molar-refractivity contribution in [1.82, 2.24) is 0 Å². The molecule has 0 radical (unpaired) electrons. The number of hydrogen-bond acceptors (Lipinski definition) is 10. The van der Waals surface area contributed by atoms with Crippen molar-refractivity contribution in [3.05, 3.63) is 36.4 Å². The van der Waals surface area contributed by atoms with E-state index in [2.05, 4.69) is 9.37 Å². The fraction of sp³-hybridized carbons (Fsp3) is 0.200. The Labute approximate surface area is 198 Å². The number of benzene rings is 4. The molecule has 0 heterocycles. The van der Waals surface area contributed by atoms with Crippen LogP contribution in [0.2, 0.25) is 0 Å². The standard InChI is InChI=1S/C20H18O11S3/c1-28-7-2-8-29-15-9-17(33(22,23)24)13-5-6-14-18(34(25,26)27)10-16(32-31-30-21)12-4-3-11(15)19(13)20(12)14/h3-6,9-10,21H,2,7-8H2,1H3,(H,22,23,24)(H,25,26,27). The Kier molecular flexibility index (Phi) is 6.87. The summed E-state index contributed by atoms with van der Waals surface area (Å²) in [4.78, 5) is -0.765. The van der Waals surface area contributed by atoms with E-state index in [4.69, 9.17) is 14.7 Å². The molecule has 182 valence electrons. The Bertz CT molecular complexity index is 1580. The van der Waals surface area contributed by atoms with Gasteiger partial charge in [-0.1, -0.05) is 23.2 Å². The fourth-order valence-electron chi connectivity index (χ4n) is 3.92. The third-order valence-corrected chi connectivity index (χ3v) is 7.64. The first-order valence-electron chi connectivity index (χ1n) is 9.58. The first-order chi connectivity index (χ1) is 16.1. The van der Waals surface area contributed by atoms with Gasteiger partial charge in [-0.05, 0) is 17.5 Å². The Balaban J connectivity index is 2.15. The van der Waals surface area contributed by atoms with Crippen molar-refractivity contribution in [2.45, 2.75) is 21.1 Å². The lowest BCUT2D eigenvalue weighted by Gasteiger charge is -2.19. The SMILES string of the molecule is COCCCOc1cc(S(=O)(=O)O)c2ccc3c(S(=O)(=O)O)cc(SOOO)c4ccc1c2c43. The van der Waals surface area contributed by atoms with Gasteiger partial charge in [-0.15, -0.1) is 4.33 Å². The molecule has 0 aliphatic rings. The average Bonchev–Trinajstić information content (AvgIpc) is 2.77. The largest absolute Gasteiger partial charge is 0.493 e. The molecule has 0 spiro atoms. The number of methoxy groups -OCH3 is 1. The van der Waals surface area contributed by atoms with Gasteiger partial charge >= 0.3 is 0 Å². The van der Waals surface area contributed by atoms with E-state index in [1.165, 1.54) is 25.3 Å². The first-order valence-corrected chi connectivity index (χ1v) is 13.2. The predicted molar refractivity (Wildman–Crippen MR) is 122 cm³/mol. The monoisotopic (exact) mass is 530 g/mol. The lowest BCUT2D eigenvalue weighted by Crippen LogP contribution is -2.06.